The van der Waals surface area contributed by atoms with Gasteiger partial charge >= 0.3 is 6.03 Å². The summed E-state index contributed by atoms with van der Waals surface area (Å²) in [6, 6.07) is 12.5. The van der Waals surface area contributed by atoms with Crippen molar-refractivity contribution in [2.24, 2.45) is 5.92 Å². The number of nitrogens with one attached hydrogen (secondary N) is 2. The summed E-state index contributed by atoms with van der Waals surface area (Å²) in [5.74, 6) is 1.72. The van der Waals surface area contributed by atoms with Gasteiger partial charge in [0.1, 0.15) is 5.76 Å². The summed E-state index contributed by atoms with van der Waals surface area (Å²) in [7, 11) is 0. The Kier molecular flexibility index (Phi) is 7.65. The van der Waals surface area contributed by atoms with Crippen LogP contribution in [0.5, 0.6) is 0 Å². The highest BCUT2D eigenvalue weighted by Gasteiger charge is 2.25. The summed E-state index contributed by atoms with van der Waals surface area (Å²) in [5.41, 5.74) is 2.46. The van der Waals surface area contributed by atoms with Crippen molar-refractivity contribution in [3.05, 3.63) is 59.5 Å². The number of furan rings is 1. The SMILES string of the molecule is CC1CCCN(Cc2ccc(CNC(=O)NCC(c3ccco3)N3CCCC3)cc2)C1. The highest BCUT2D eigenvalue weighted by Crippen LogP contribution is 2.24. The molecule has 6 nitrogen and oxygen atoms in total. The molecular formula is C25H36N4O2. The summed E-state index contributed by atoms with van der Waals surface area (Å²) in [6.07, 6.45) is 6.76. The Hall–Kier alpha value is -2.31. The minimum absolute atomic E-state index is 0.0973. The van der Waals surface area contributed by atoms with Gasteiger partial charge < -0.3 is 15.1 Å². The highest BCUT2D eigenvalue weighted by molar-refractivity contribution is 5.73. The summed E-state index contributed by atoms with van der Waals surface area (Å²) in [5, 5.41) is 6.02. The molecule has 4 rings (SSSR count). The van der Waals surface area contributed by atoms with Crippen molar-refractivity contribution >= 4 is 6.03 Å². The maximum absolute atomic E-state index is 12.4. The Morgan fingerprint density at radius 1 is 1.06 bits per heavy atom. The standard InChI is InChI=1S/C25H36N4O2/c1-20-6-4-12-28(18-20)19-22-10-8-21(9-11-22)16-26-25(30)27-17-23(24-7-5-15-31-24)29-13-2-3-14-29/h5,7-11,15,20,23H,2-4,6,12-14,16-19H2,1H3,(H2,26,27,30). The number of amides is 2. The molecule has 1 aromatic carbocycles. The van der Waals surface area contributed by atoms with E-state index in [1.54, 1.807) is 6.26 Å². The van der Waals surface area contributed by atoms with Crippen LogP contribution in [-0.4, -0.2) is 48.6 Å². The molecule has 2 amide bonds. The molecule has 2 aliphatic rings. The van der Waals surface area contributed by atoms with E-state index in [0.29, 0.717) is 13.1 Å². The first-order chi connectivity index (χ1) is 15.2. The number of likely N-dealkylation sites (tertiary alicyclic amines) is 2. The Labute approximate surface area is 186 Å². The predicted octanol–water partition coefficient (Wildman–Crippen LogP) is 4.15. The average molecular weight is 425 g/mol. The average Bonchev–Trinajstić information content (AvgIpc) is 3.49. The van der Waals surface area contributed by atoms with Gasteiger partial charge in [-0.15, -0.1) is 0 Å². The molecule has 0 aliphatic carbocycles. The van der Waals surface area contributed by atoms with Gasteiger partial charge in [0.15, 0.2) is 0 Å². The fourth-order valence-electron chi connectivity index (χ4n) is 4.83. The highest BCUT2D eigenvalue weighted by atomic mass is 16.3. The van der Waals surface area contributed by atoms with Gasteiger partial charge in [-0.3, -0.25) is 9.80 Å². The van der Waals surface area contributed by atoms with E-state index >= 15 is 0 Å². The Morgan fingerprint density at radius 2 is 1.84 bits per heavy atom. The molecule has 2 unspecified atom stereocenters. The second-order valence-corrected chi connectivity index (χ2v) is 9.14. The first-order valence-corrected chi connectivity index (χ1v) is 11.8. The van der Waals surface area contributed by atoms with Gasteiger partial charge in [0, 0.05) is 26.2 Å². The monoisotopic (exact) mass is 424 g/mol. The molecule has 0 bridgehead atoms. The van der Waals surface area contributed by atoms with Gasteiger partial charge in [0.2, 0.25) is 0 Å². The molecule has 2 fully saturated rings. The first kappa shape index (κ1) is 21.9. The molecule has 1 aromatic heterocycles. The molecule has 168 valence electrons. The van der Waals surface area contributed by atoms with Crippen LogP contribution in [0.25, 0.3) is 0 Å². The number of carbonyl (C=O) groups is 1. The Bertz CT molecular complexity index is 799. The van der Waals surface area contributed by atoms with Crippen LogP contribution in [-0.2, 0) is 13.1 Å². The van der Waals surface area contributed by atoms with Crippen molar-refractivity contribution in [1.29, 1.82) is 0 Å². The zero-order valence-corrected chi connectivity index (χ0v) is 18.7. The Morgan fingerprint density at radius 3 is 2.55 bits per heavy atom. The number of hydrogen-bond acceptors (Lipinski definition) is 4. The van der Waals surface area contributed by atoms with Crippen molar-refractivity contribution in [3.63, 3.8) is 0 Å². The lowest BCUT2D eigenvalue weighted by Crippen LogP contribution is -2.41. The van der Waals surface area contributed by atoms with Crippen molar-refractivity contribution < 1.29 is 9.21 Å². The smallest absolute Gasteiger partial charge is 0.315 e. The van der Waals surface area contributed by atoms with Crippen LogP contribution in [0.3, 0.4) is 0 Å². The largest absolute Gasteiger partial charge is 0.468 e. The van der Waals surface area contributed by atoms with Gasteiger partial charge in [-0.25, -0.2) is 4.79 Å². The molecule has 31 heavy (non-hydrogen) atoms. The molecule has 2 atom stereocenters. The van der Waals surface area contributed by atoms with E-state index in [2.05, 4.69) is 51.6 Å². The van der Waals surface area contributed by atoms with Crippen LogP contribution in [0.15, 0.2) is 47.1 Å². The second-order valence-electron chi connectivity index (χ2n) is 9.14. The number of rotatable bonds is 8. The summed E-state index contributed by atoms with van der Waals surface area (Å²) in [4.78, 5) is 17.3. The van der Waals surface area contributed by atoms with E-state index < -0.39 is 0 Å². The van der Waals surface area contributed by atoms with E-state index in [1.807, 2.05) is 12.1 Å². The van der Waals surface area contributed by atoms with Gasteiger partial charge in [0.25, 0.3) is 0 Å². The molecule has 0 saturated carbocycles. The van der Waals surface area contributed by atoms with Crippen LogP contribution < -0.4 is 10.6 Å². The van der Waals surface area contributed by atoms with Crippen molar-refractivity contribution in [3.8, 4) is 0 Å². The molecule has 2 N–H and O–H groups in total. The maximum atomic E-state index is 12.4. The normalized spacial score (nSPS) is 21.1. The number of hydrogen-bond donors (Lipinski definition) is 2. The molecule has 6 heteroatoms. The van der Waals surface area contributed by atoms with E-state index in [-0.39, 0.29) is 12.1 Å². The third kappa shape index (κ3) is 6.34. The molecule has 0 radical (unpaired) electrons. The number of urea groups is 1. The van der Waals surface area contributed by atoms with Crippen molar-refractivity contribution in [2.75, 3.05) is 32.7 Å². The third-order valence-electron chi connectivity index (χ3n) is 6.53. The van der Waals surface area contributed by atoms with E-state index in [1.165, 1.54) is 44.3 Å². The van der Waals surface area contributed by atoms with Crippen LogP contribution in [0, 0.1) is 5.92 Å². The summed E-state index contributed by atoms with van der Waals surface area (Å²) >= 11 is 0. The second kappa shape index (κ2) is 10.8. The minimum Gasteiger partial charge on any atom is -0.468 e. The minimum atomic E-state index is -0.137. The zero-order valence-electron chi connectivity index (χ0n) is 18.7. The molecule has 0 spiro atoms. The zero-order chi connectivity index (χ0) is 21.5. The van der Waals surface area contributed by atoms with Gasteiger partial charge in [-0.2, -0.15) is 0 Å². The van der Waals surface area contributed by atoms with Crippen LogP contribution >= 0.6 is 0 Å². The molecule has 2 aromatic rings. The van der Waals surface area contributed by atoms with Crippen LogP contribution in [0.2, 0.25) is 0 Å². The fourth-order valence-corrected chi connectivity index (χ4v) is 4.83. The van der Waals surface area contributed by atoms with Gasteiger partial charge in [-0.1, -0.05) is 31.2 Å². The number of nitrogens with zero attached hydrogens (tertiary/aromatic N) is 2. The topological polar surface area (TPSA) is 60.8 Å². The molecular weight excluding hydrogens is 388 g/mol. The van der Waals surface area contributed by atoms with Crippen molar-refractivity contribution in [2.45, 2.75) is 51.7 Å². The predicted molar refractivity (Wildman–Crippen MR) is 123 cm³/mol. The lowest BCUT2D eigenvalue weighted by Gasteiger charge is -2.30. The van der Waals surface area contributed by atoms with Gasteiger partial charge in [-0.05, 0) is 74.5 Å². The van der Waals surface area contributed by atoms with E-state index in [4.69, 9.17) is 4.42 Å². The summed E-state index contributed by atoms with van der Waals surface area (Å²) in [6.45, 7) is 8.94. The lowest BCUT2D eigenvalue weighted by molar-refractivity contribution is 0.176. The third-order valence-corrected chi connectivity index (χ3v) is 6.53. The van der Waals surface area contributed by atoms with E-state index in [9.17, 15) is 4.79 Å². The quantitative estimate of drug-likeness (QED) is 0.668. The molecule has 2 saturated heterocycles. The van der Waals surface area contributed by atoms with Crippen LogP contribution in [0.1, 0.15) is 55.5 Å². The fraction of sp³-hybridized carbons (Fsp3) is 0.560. The maximum Gasteiger partial charge on any atom is 0.315 e. The van der Waals surface area contributed by atoms with Crippen molar-refractivity contribution in [1.82, 2.24) is 20.4 Å². The molecule has 2 aliphatic heterocycles. The first-order valence-electron chi connectivity index (χ1n) is 11.8. The number of piperidine rings is 1. The Balaban J connectivity index is 1.22. The number of carbonyl (C=O) groups excluding carboxylic acids is 1. The van der Waals surface area contributed by atoms with E-state index in [0.717, 1.165) is 36.9 Å². The number of benzene rings is 1. The summed E-state index contributed by atoms with van der Waals surface area (Å²) < 4.78 is 5.62. The van der Waals surface area contributed by atoms with Crippen LogP contribution in [0.4, 0.5) is 4.79 Å². The van der Waals surface area contributed by atoms with Gasteiger partial charge in [0.05, 0.1) is 12.3 Å². The lowest BCUT2D eigenvalue weighted by atomic mass is 9.99. The molecule has 3 heterocycles.